The number of amides is 2. The lowest BCUT2D eigenvalue weighted by atomic mass is 10.00. The molecule has 0 fully saturated rings. The molecule has 202 valence electrons. The van der Waals surface area contributed by atoms with Crippen LogP contribution >= 0.6 is 11.8 Å². The van der Waals surface area contributed by atoms with Crippen LogP contribution in [-0.2, 0) is 33.1 Å². The summed E-state index contributed by atoms with van der Waals surface area (Å²) < 4.78 is 10.7. The zero-order chi connectivity index (χ0) is 27.2. The predicted molar refractivity (Wildman–Crippen MR) is 150 cm³/mol. The Morgan fingerprint density at radius 2 is 1.55 bits per heavy atom. The molecule has 0 aliphatic carbocycles. The first-order valence-corrected chi connectivity index (χ1v) is 14.0. The maximum absolute atomic E-state index is 13.3. The summed E-state index contributed by atoms with van der Waals surface area (Å²) >= 11 is 1.45. The summed E-state index contributed by atoms with van der Waals surface area (Å²) in [6, 6.07) is 21.4. The second kappa shape index (κ2) is 15.7. The van der Waals surface area contributed by atoms with Crippen LogP contribution in [0.1, 0.15) is 43.6 Å². The van der Waals surface area contributed by atoms with Gasteiger partial charge in [0.25, 0.3) is 0 Å². The minimum atomic E-state index is -0.818. The van der Waals surface area contributed by atoms with E-state index < -0.39 is 24.1 Å². The van der Waals surface area contributed by atoms with E-state index in [2.05, 4.69) is 10.6 Å². The van der Waals surface area contributed by atoms with Crippen LogP contribution in [0, 0.1) is 5.92 Å². The standard InChI is InChI=1S/C30H36N2O5S/c1-22(2)18-27(32-30(35)37-19-24-12-7-4-8-13-24)29(34)31-26(16-15-23-10-5-3-6-11-23)28(33)21-38-20-25-14-9-17-36-25/h3-14,17,22,26-27H,15-16,18-21H2,1-2H3,(H,31,34)(H,32,35)/t26-,27+/m0/s1. The average molecular weight is 537 g/mol. The monoisotopic (exact) mass is 536 g/mol. The highest BCUT2D eigenvalue weighted by Crippen LogP contribution is 2.15. The summed E-state index contributed by atoms with van der Waals surface area (Å²) in [5, 5.41) is 5.62. The molecule has 0 saturated heterocycles. The molecule has 2 amide bonds. The van der Waals surface area contributed by atoms with Gasteiger partial charge in [-0.25, -0.2) is 4.79 Å². The van der Waals surface area contributed by atoms with E-state index in [1.165, 1.54) is 11.8 Å². The van der Waals surface area contributed by atoms with Crippen molar-refractivity contribution in [3.63, 3.8) is 0 Å². The molecule has 0 unspecified atom stereocenters. The van der Waals surface area contributed by atoms with Crippen LogP contribution in [0.4, 0.5) is 4.79 Å². The molecule has 2 N–H and O–H groups in total. The minimum absolute atomic E-state index is 0.0687. The molecule has 0 aliphatic heterocycles. The second-order valence-electron chi connectivity index (χ2n) is 9.51. The number of ketones is 1. The van der Waals surface area contributed by atoms with Gasteiger partial charge in [-0.1, -0.05) is 74.5 Å². The van der Waals surface area contributed by atoms with Gasteiger partial charge >= 0.3 is 6.09 Å². The lowest BCUT2D eigenvalue weighted by Crippen LogP contribution is -2.52. The number of hydrogen-bond acceptors (Lipinski definition) is 6. The van der Waals surface area contributed by atoms with E-state index >= 15 is 0 Å². The van der Waals surface area contributed by atoms with E-state index in [1.54, 1.807) is 6.26 Å². The molecular formula is C30H36N2O5S. The van der Waals surface area contributed by atoms with E-state index in [1.807, 2.05) is 86.6 Å². The third-order valence-electron chi connectivity index (χ3n) is 5.87. The minimum Gasteiger partial charge on any atom is -0.468 e. The number of thioether (sulfide) groups is 1. The normalized spacial score (nSPS) is 12.5. The molecule has 3 rings (SSSR count). The molecule has 38 heavy (non-hydrogen) atoms. The first kappa shape index (κ1) is 29.0. The van der Waals surface area contributed by atoms with Gasteiger partial charge in [0, 0.05) is 0 Å². The number of rotatable bonds is 15. The van der Waals surface area contributed by atoms with Crippen molar-refractivity contribution < 1.29 is 23.5 Å². The Kier molecular flexibility index (Phi) is 12.0. The van der Waals surface area contributed by atoms with Crippen molar-refractivity contribution in [3.05, 3.63) is 95.9 Å². The SMILES string of the molecule is CC(C)C[C@@H](NC(=O)OCc1ccccc1)C(=O)N[C@@H](CCc1ccccc1)C(=O)CSCc1ccco1. The number of carbonyl (C=O) groups is 3. The molecule has 2 aromatic carbocycles. The van der Waals surface area contributed by atoms with Gasteiger partial charge in [0.05, 0.1) is 23.8 Å². The summed E-state index contributed by atoms with van der Waals surface area (Å²) in [5.74, 6) is 1.29. The Balaban J connectivity index is 1.61. The molecule has 0 aliphatic rings. The maximum atomic E-state index is 13.3. The van der Waals surface area contributed by atoms with Crippen LogP contribution in [0.15, 0.2) is 83.5 Å². The fourth-order valence-electron chi connectivity index (χ4n) is 3.90. The van der Waals surface area contributed by atoms with Crippen molar-refractivity contribution >= 4 is 29.5 Å². The molecule has 7 nitrogen and oxygen atoms in total. The van der Waals surface area contributed by atoms with Gasteiger partial charge in [-0.15, -0.1) is 11.8 Å². The van der Waals surface area contributed by atoms with E-state index in [0.717, 1.165) is 16.9 Å². The number of ether oxygens (including phenoxy) is 1. The van der Waals surface area contributed by atoms with Crippen molar-refractivity contribution in [1.82, 2.24) is 10.6 Å². The summed E-state index contributed by atoms with van der Waals surface area (Å²) in [5.41, 5.74) is 1.94. The Morgan fingerprint density at radius 3 is 2.18 bits per heavy atom. The van der Waals surface area contributed by atoms with Crippen molar-refractivity contribution in [1.29, 1.82) is 0 Å². The first-order valence-electron chi connectivity index (χ1n) is 12.8. The van der Waals surface area contributed by atoms with Gasteiger partial charge < -0.3 is 19.8 Å². The van der Waals surface area contributed by atoms with Crippen LogP contribution in [0.25, 0.3) is 0 Å². The van der Waals surface area contributed by atoms with Crippen molar-refractivity contribution in [3.8, 4) is 0 Å². The lowest BCUT2D eigenvalue weighted by Gasteiger charge is -2.24. The van der Waals surface area contributed by atoms with E-state index in [9.17, 15) is 14.4 Å². The third-order valence-corrected chi connectivity index (χ3v) is 6.84. The molecule has 0 bridgehead atoms. The fraction of sp³-hybridized carbons (Fsp3) is 0.367. The van der Waals surface area contributed by atoms with Gasteiger partial charge in [-0.2, -0.15) is 0 Å². The summed E-state index contributed by atoms with van der Waals surface area (Å²) in [7, 11) is 0. The first-order chi connectivity index (χ1) is 18.4. The van der Waals surface area contributed by atoms with Crippen molar-refractivity contribution in [2.24, 2.45) is 5.92 Å². The number of Topliss-reactive ketones (excluding diaryl/α,β-unsaturated/α-hetero) is 1. The van der Waals surface area contributed by atoms with E-state index in [4.69, 9.17) is 9.15 Å². The maximum Gasteiger partial charge on any atom is 0.408 e. The Labute approximate surface area is 228 Å². The molecule has 1 aromatic heterocycles. The fourth-order valence-corrected chi connectivity index (χ4v) is 4.77. The smallest absolute Gasteiger partial charge is 0.408 e. The predicted octanol–water partition coefficient (Wildman–Crippen LogP) is 5.54. The van der Waals surface area contributed by atoms with Crippen LogP contribution < -0.4 is 10.6 Å². The molecule has 0 radical (unpaired) electrons. The summed E-state index contributed by atoms with van der Waals surface area (Å²) in [6.07, 6.45) is 2.45. The van der Waals surface area contributed by atoms with Crippen molar-refractivity contribution in [2.45, 2.75) is 57.6 Å². The summed E-state index contributed by atoms with van der Waals surface area (Å²) in [4.78, 5) is 39.0. The number of furan rings is 1. The molecular weight excluding hydrogens is 500 g/mol. The number of aryl methyl sites for hydroxylation is 1. The van der Waals surface area contributed by atoms with Gasteiger partial charge in [0.15, 0.2) is 5.78 Å². The Bertz CT molecular complexity index is 1120. The number of carbonyl (C=O) groups excluding carboxylic acids is 3. The lowest BCUT2D eigenvalue weighted by molar-refractivity contribution is -0.128. The zero-order valence-electron chi connectivity index (χ0n) is 21.9. The quantitative estimate of drug-likeness (QED) is 0.265. The van der Waals surface area contributed by atoms with E-state index in [-0.39, 0.29) is 24.1 Å². The number of nitrogens with one attached hydrogen (secondary N) is 2. The molecule has 3 aromatic rings. The Hall–Kier alpha value is -3.52. The van der Waals surface area contributed by atoms with Gasteiger partial charge in [-0.3, -0.25) is 9.59 Å². The van der Waals surface area contributed by atoms with Crippen LogP contribution in [0.2, 0.25) is 0 Å². The topological polar surface area (TPSA) is 97.6 Å². The average Bonchev–Trinajstić information content (AvgIpc) is 3.44. The third kappa shape index (κ3) is 10.5. The van der Waals surface area contributed by atoms with Gasteiger partial charge in [0.1, 0.15) is 18.4 Å². The highest BCUT2D eigenvalue weighted by Gasteiger charge is 2.27. The molecule has 0 spiro atoms. The molecule has 8 heteroatoms. The largest absolute Gasteiger partial charge is 0.468 e. The van der Waals surface area contributed by atoms with Crippen LogP contribution in [-0.4, -0.2) is 35.6 Å². The zero-order valence-corrected chi connectivity index (χ0v) is 22.7. The van der Waals surface area contributed by atoms with E-state index in [0.29, 0.717) is 25.0 Å². The highest BCUT2D eigenvalue weighted by molar-refractivity contribution is 7.99. The summed E-state index contributed by atoms with van der Waals surface area (Å²) in [6.45, 7) is 4.05. The molecule has 1 heterocycles. The molecule has 2 atom stereocenters. The molecule has 0 saturated carbocycles. The van der Waals surface area contributed by atoms with Gasteiger partial charge in [-0.05, 0) is 48.4 Å². The Morgan fingerprint density at radius 1 is 0.868 bits per heavy atom. The van der Waals surface area contributed by atoms with Crippen molar-refractivity contribution in [2.75, 3.05) is 5.75 Å². The number of benzene rings is 2. The van der Waals surface area contributed by atoms with Crippen LogP contribution in [0.5, 0.6) is 0 Å². The number of hydrogen-bond donors (Lipinski definition) is 2. The number of alkyl carbamates (subject to hydrolysis) is 1. The van der Waals surface area contributed by atoms with Crippen LogP contribution in [0.3, 0.4) is 0 Å². The second-order valence-corrected chi connectivity index (χ2v) is 10.5. The van der Waals surface area contributed by atoms with Gasteiger partial charge in [0.2, 0.25) is 5.91 Å². The highest BCUT2D eigenvalue weighted by atomic mass is 32.2.